The van der Waals surface area contributed by atoms with Gasteiger partial charge in [-0.05, 0) is 19.3 Å². The van der Waals surface area contributed by atoms with Crippen molar-refractivity contribution in [2.45, 2.75) is 38.2 Å². The maximum absolute atomic E-state index is 12.0. The molecule has 0 bridgehead atoms. The number of hydrogen-bond donors (Lipinski definition) is 2. The van der Waals surface area contributed by atoms with Crippen LogP contribution >= 0.6 is 0 Å². The molecule has 27 heavy (non-hydrogen) atoms. The Labute approximate surface area is 158 Å². The Balaban J connectivity index is 1.59. The number of rotatable bonds is 8. The maximum atomic E-state index is 12.0. The molecule has 0 spiro atoms. The average Bonchev–Trinajstić information content (AvgIpc) is 3.20. The van der Waals surface area contributed by atoms with Gasteiger partial charge < -0.3 is 15.8 Å². The molecule has 7 heteroatoms. The van der Waals surface area contributed by atoms with E-state index in [9.17, 15) is 9.59 Å². The molecule has 142 valence electrons. The standard InChI is InChI=1S/C20H24N4O3/c21-19(26)16-13-23-20(14-5-2-1-3-6-14)24-17(16)10-11-22-18(25)9-8-15-7-4-12-27-15/h1-3,5-6,13,15H,4,7-12H2,(H2,21,26)(H,22,25)/t15-/m1/s1. The summed E-state index contributed by atoms with van der Waals surface area (Å²) in [6.07, 6.45) is 5.33. The Kier molecular flexibility index (Phi) is 6.49. The average molecular weight is 368 g/mol. The summed E-state index contributed by atoms with van der Waals surface area (Å²) in [5.74, 6) is -0.0712. The summed E-state index contributed by atoms with van der Waals surface area (Å²) in [4.78, 5) is 32.4. The van der Waals surface area contributed by atoms with Gasteiger partial charge in [0, 0.05) is 37.8 Å². The zero-order chi connectivity index (χ0) is 19.1. The van der Waals surface area contributed by atoms with Crippen LogP contribution in [0.5, 0.6) is 0 Å². The fraction of sp³-hybridized carbons (Fsp3) is 0.400. The lowest BCUT2D eigenvalue weighted by molar-refractivity contribution is -0.121. The molecule has 2 heterocycles. The predicted octanol–water partition coefficient (Wildman–Crippen LogP) is 1.86. The molecule has 7 nitrogen and oxygen atoms in total. The van der Waals surface area contributed by atoms with E-state index < -0.39 is 5.91 Å². The van der Waals surface area contributed by atoms with Crippen molar-refractivity contribution >= 4 is 11.8 Å². The molecule has 1 aliphatic rings. The highest BCUT2D eigenvalue weighted by Crippen LogP contribution is 2.17. The summed E-state index contributed by atoms with van der Waals surface area (Å²) in [6, 6.07) is 9.50. The zero-order valence-electron chi connectivity index (χ0n) is 15.2. The van der Waals surface area contributed by atoms with Gasteiger partial charge >= 0.3 is 0 Å². The Morgan fingerprint density at radius 3 is 2.78 bits per heavy atom. The van der Waals surface area contributed by atoms with Crippen molar-refractivity contribution in [3.05, 3.63) is 47.8 Å². The van der Waals surface area contributed by atoms with E-state index in [1.807, 2.05) is 30.3 Å². The van der Waals surface area contributed by atoms with Crippen molar-refractivity contribution in [1.82, 2.24) is 15.3 Å². The largest absolute Gasteiger partial charge is 0.378 e. The number of carbonyl (C=O) groups is 2. The van der Waals surface area contributed by atoms with E-state index >= 15 is 0 Å². The van der Waals surface area contributed by atoms with E-state index in [-0.39, 0.29) is 17.6 Å². The third kappa shape index (κ3) is 5.34. The number of primary amides is 1. The normalized spacial score (nSPS) is 16.2. The van der Waals surface area contributed by atoms with Crippen LogP contribution in [0.15, 0.2) is 36.5 Å². The molecule has 3 rings (SSSR count). The van der Waals surface area contributed by atoms with Crippen LogP contribution in [0.2, 0.25) is 0 Å². The second-order valence-corrected chi connectivity index (χ2v) is 6.56. The summed E-state index contributed by atoms with van der Waals surface area (Å²) >= 11 is 0. The molecule has 2 aromatic rings. The minimum atomic E-state index is -0.575. The first-order chi connectivity index (χ1) is 13.1. The molecule has 0 saturated carbocycles. The number of amides is 2. The summed E-state index contributed by atoms with van der Waals surface area (Å²) in [6.45, 7) is 1.18. The molecule has 2 amide bonds. The number of nitrogens with two attached hydrogens (primary N) is 1. The molecule has 0 aliphatic carbocycles. The molecular weight excluding hydrogens is 344 g/mol. The van der Waals surface area contributed by atoms with Crippen LogP contribution in [0.3, 0.4) is 0 Å². The van der Waals surface area contributed by atoms with Gasteiger partial charge in [0.1, 0.15) is 0 Å². The van der Waals surface area contributed by atoms with E-state index in [0.717, 1.165) is 31.4 Å². The number of hydrogen-bond acceptors (Lipinski definition) is 5. The summed E-state index contributed by atoms with van der Waals surface area (Å²) in [5.41, 5.74) is 7.11. The van der Waals surface area contributed by atoms with E-state index in [1.54, 1.807) is 0 Å². The van der Waals surface area contributed by atoms with Crippen molar-refractivity contribution in [2.75, 3.05) is 13.2 Å². The van der Waals surface area contributed by atoms with Gasteiger partial charge in [0.2, 0.25) is 5.91 Å². The highest BCUT2D eigenvalue weighted by atomic mass is 16.5. The van der Waals surface area contributed by atoms with Crippen LogP contribution in [0.1, 0.15) is 41.7 Å². The van der Waals surface area contributed by atoms with Crippen LogP contribution in [0, 0.1) is 0 Å². The first kappa shape index (κ1) is 19.0. The first-order valence-corrected chi connectivity index (χ1v) is 9.23. The van der Waals surface area contributed by atoms with Gasteiger partial charge in [-0.2, -0.15) is 0 Å². The van der Waals surface area contributed by atoms with Gasteiger partial charge in [-0.1, -0.05) is 30.3 Å². The molecular formula is C20H24N4O3. The highest BCUT2D eigenvalue weighted by molar-refractivity contribution is 5.93. The van der Waals surface area contributed by atoms with Crippen molar-refractivity contribution in [1.29, 1.82) is 0 Å². The van der Waals surface area contributed by atoms with Gasteiger partial charge in [-0.3, -0.25) is 9.59 Å². The van der Waals surface area contributed by atoms with Crippen LogP contribution in [-0.4, -0.2) is 41.0 Å². The van der Waals surface area contributed by atoms with Crippen molar-refractivity contribution < 1.29 is 14.3 Å². The summed E-state index contributed by atoms with van der Waals surface area (Å²) in [7, 11) is 0. The molecule has 3 N–H and O–H groups in total. The monoisotopic (exact) mass is 368 g/mol. The first-order valence-electron chi connectivity index (χ1n) is 9.23. The van der Waals surface area contributed by atoms with E-state index in [4.69, 9.17) is 10.5 Å². The van der Waals surface area contributed by atoms with E-state index in [2.05, 4.69) is 15.3 Å². The van der Waals surface area contributed by atoms with Gasteiger partial charge in [0.05, 0.1) is 17.4 Å². The smallest absolute Gasteiger partial charge is 0.252 e. The van der Waals surface area contributed by atoms with Crippen LogP contribution in [0.4, 0.5) is 0 Å². The number of nitrogens with zero attached hydrogens (tertiary/aromatic N) is 2. The highest BCUT2D eigenvalue weighted by Gasteiger charge is 2.17. The van der Waals surface area contributed by atoms with Crippen molar-refractivity contribution in [3.8, 4) is 11.4 Å². The molecule has 1 aromatic heterocycles. The molecule has 1 saturated heterocycles. The molecule has 1 atom stereocenters. The van der Waals surface area contributed by atoms with Gasteiger partial charge in [0.15, 0.2) is 5.82 Å². The van der Waals surface area contributed by atoms with Gasteiger partial charge in [-0.15, -0.1) is 0 Å². The van der Waals surface area contributed by atoms with Crippen LogP contribution in [-0.2, 0) is 16.0 Å². The molecule has 1 fully saturated rings. The van der Waals surface area contributed by atoms with Crippen molar-refractivity contribution in [2.24, 2.45) is 5.73 Å². The SMILES string of the molecule is NC(=O)c1cnc(-c2ccccc2)nc1CCNC(=O)CC[C@H]1CCCO1. The third-order valence-electron chi connectivity index (χ3n) is 4.57. The molecule has 0 unspecified atom stereocenters. The lowest BCUT2D eigenvalue weighted by Crippen LogP contribution is -2.27. The minimum absolute atomic E-state index is 0.0246. The van der Waals surface area contributed by atoms with Crippen molar-refractivity contribution in [3.63, 3.8) is 0 Å². The predicted molar refractivity (Wildman–Crippen MR) is 101 cm³/mol. The number of ether oxygens (including phenoxy) is 1. The minimum Gasteiger partial charge on any atom is -0.378 e. The van der Waals surface area contributed by atoms with Gasteiger partial charge in [0.25, 0.3) is 5.91 Å². The fourth-order valence-corrected chi connectivity index (χ4v) is 3.11. The van der Waals surface area contributed by atoms with Crippen LogP contribution < -0.4 is 11.1 Å². The Bertz CT molecular complexity index is 789. The quantitative estimate of drug-likeness (QED) is 0.739. The Morgan fingerprint density at radius 2 is 2.07 bits per heavy atom. The molecule has 0 radical (unpaired) electrons. The second-order valence-electron chi connectivity index (χ2n) is 6.56. The maximum Gasteiger partial charge on any atom is 0.252 e. The van der Waals surface area contributed by atoms with E-state index in [0.29, 0.717) is 30.9 Å². The number of benzene rings is 1. The number of nitrogens with one attached hydrogen (secondary N) is 1. The summed E-state index contributed by atoms with van der Waals surface area (Å²) < 4.78 is 5.53. The number of aromatic nitrogens is 2. The van der Waals surface area contributed by atoms with Gasteiger partial charge in [-0.25, -0.2) is 9.97 Å². The lowest BCUT2D eigenvalue weighted by atomic mass is 10.1. The topological polar surface area (TPSA) is 107 Å². The van der Waals surface area contributed by atoms with Crippen LogP contribution in [0.25, 0.3) is 11.4 Å². The summed E-state index contributed by atoms with van der Waals surface area (Å²) in [5, 5.41) is 2.87. The third-order valence-corrected chi connectivity index (χ3v) is 4.57. The number of carbonyl (C=O) groups excluding carboxylic acids is 2. The van der Waals surface area contributed by atoms with E-state index in [1.165, 1.54) is 6.20 Å². The fourth-order valence-electron chi connectivity index (χ4n) is 3.11. The Morgan fingerprint density at radius 1 is 1.26 bits per heavy atom. The molecule has 1 aromatic carbocycles. The lowest BCUT2D eigenvalue weighted by Gasteiger charge is -2.11. The molecule has 1 aliphatic heterocycles. The zero-order valence-corrected chi connectivity index (χ0v) is 15.2. The Hall–Kier alpha value is -2.80. The second kappa shape index (κ2) is 9.23.